The number of allylic oxidation sites excluding steroid dienone is 2. The minimum absolute atomic E-state index is 0.120. The van der Waals surface area contributed by atoms with Gasteiger partial charge in [-0.25, -0.2) is 0 Å². The van der Waals surface area contributed by atoms with Crippen LogP contribution in [0, 0.1) is 30.1 Å². The van der Waals surface area contributed by atoms with Crippen LogP contribution in [0.25, 0.3) is 0 Å². The molecule has 2 atom stereocenters. The number of rotatable bonds is 2. The highest BCUT2D eigenvalue weighted by atomic mass is 16.7. The number of carbonyl (C=O) groups is 2. The van der Waals surface area contributed by atoms with Crippen molar-refractivity contribution in [1.29, 1.82) is 0 Å². The van der Waals surface area contributed by atoms with Crippen LogP contribution in [0.1, 0.15) is 88.5 Å². The second kappa shape index (κ2) is 7.66. The molecule has 37 heavy (non-hydrogen) atoms. The minimum Gasteiger partial charge on any atom is -0.465 e. The molecule has 1 saturated carbocycles. The van der Waals surface area contributed by atoms with Crippen LogP contribution in [-0.2, 0) is 24.7 Å². The Morgan fingerprint density at radius 1 is 0.676 bits per heavy atom. The summed E-state index contributed by atoms with van der Waals surface area (Å²) in [7, 11) is 0. The van der Waals surface area contributed by atoms with Gasteiger partial charge in [0, 0.05) is 37.7 Å². The van der Waals surface area contributed by atoms with Gasteiger partial charge in [0.2, 0.25) is 5.79 Å². The zero-order valence-corrected chi connectivity index (χ0v) is 23.0. The first-order valence-corrected chi connectivity index (χ1v) is 13.6. The minimum atomic E-state index is -1.12. The first kappa shape index (κ1) is 24.6. The summed E-state index contributed by atoms with van der Waals surface area (Å²) in [6.45, 7) is 12.7. The molecule has 4 nitrogen and oxygen atoms in total. The fourth-order valence-electron chi connectivity index (χ4n) is 7.47. The molecule has 194 valence electrons. The lowest BCUT2D eigenvalue weighted by atomic mass is 9.54. The van der Waals surface area contributed by atoms with Crippen molar-refractivity contribution in [2.45, 2.75) is 91.5 Å². The molecule has 0 amide bonds. The fourth-order valence-corrected chi connectivity index (χ4v) is 7.47. The molecule has 2 aliphatic heterocycles. The molecule has 2 aromatic carbocycles. The molecule has 0 aromatic heterocycles. The van der Waals surface area contributed by atoms with Gasteiger partial charge in [-0.1, -0.05) is 87.4 Å². The fraction of sp³-hybridized carbons (Fsp3) is 0.515. The lowest BCUT2D eigenvalue weighted by molar-refractivity contribution is -0.291. The van der Waals surface area contributed by atoms with Gasteiger partial charge in [0.05, 0.1) is 0 Å². The van der Waals surface area contributed by atoms with E-state index in [-0.39, 0.29) is 22.4 Å². The van der Waals surface area contributed by atoms with Crippen molar-refractivity contribution in [2.24, 2.45) is 16.2 Å². The Kier molecular flexibility index (Phi) is 5.09. The summed E-state index contributed by atoms with van der Waals surface area (Å²) in [6.07, 6.45) is 3.12. The number of hydrogen-bond donors (Lipinski definition) is 0. The van der Waals surface area contributed by atoms with Crippen molar-refractivity contribution in [1.82, 2.24) is 0 Å². The molecule has 0 N–H and O–H groups in total. The summed E-state index contributed by atoms with van der Waals surface area (Å²) >= 11 is 0. The smallest absolute Gasteiger partial charge is 0.224 e. The Labute approximate surface area is 220 Å². The topological polar surface area (TPSA) is 52.6 Å². The van der Waals surface area contributed by atoms with E-state index in [2.05, 4.69) is 90.1 Å². The highest BCUT2D eigenvalue weighted by molar-refractivity contribution is 5.99. The average molecular weight is 499 g/mol. The summed E-state index contributed by atoms with van der Waals surface area (Å²) in [5.41, 5.74) is 2.89. The Hall–Kier alpha value is -2.72. The zero-order chi connectivity index (χ0) is 26.4. The van der Waals surface area contributed by atoms with Gasteiger partial charge in [0.15, 0.2) is 5.78 Å². The summed E-state index contributed by atoms with van der Waals surface area (Å²) in [5, 5.41) is 0. The Morgan fingerprint density at radius 2 is 1.24 bits per heavy atom. The van der Waals surface area contributed by atoms with Crippen molar-refractivity contribution in [3.05, 3.63) is 82.1 Å². The molecule has 0 spiro atoms. The maximum Gasteiger partial charge on any atom is 0.224 e. The lowest BCUT2D eigenvalue weighted by Crippen LogP contribution is -2.61. The molecule has 2 heterocycles. The Balaban J connectivity index is 1.59. The predicted octanol–water partition coefficient (Wildman–Crippen LogP) is 7.10. The zero-order valence-electron chi connectivity index (χ0n) is 23.0. The number of ether oxygens (including phenoxy) is 2. The molecule has 0 radical (unpaired) electrons. The predicted molar refractivity (Wildman–Crippen MR) is 143 cm³/mol. The van der Waals surface area contributed by atoms with E-state index in [4.69, 9.17) is 9.47 Å². The highest BCUT2D eigenvalue weighted by Crippen LogP contribution is 2.70. The number of ketones is 2. The number of benzene rings is 2. The third-order valence-corrected chi connectivity index (χ3v) is 9.26. The van der Waals surface area contributed by atoms with E-state index in [1.165, 1.54) is 11.1 Å². The molecule has 2 aromatic rings. The summed E-state index contributed by atoms with van der Waals surface area (Å²) in [4.78, 5) is 27.7. The van der Waals surface area contributed by atoms with E-state index in [0.717, 1.165) is 22.5 Å². The second-order valence-corrected chi connectivity index (χ2v) is 13.7. The van der Waals surface area contributed by atoms with Crippen molar-refractivity contribution >= 4 is 11.6 Å². The average Bonchev–Trinajstić information content (AvgIpc) is 3.09. The van der Waals surface area contributed by atoms with Crippen molar-refractivity contribution < 1.29 is 19.1 Å². The molecular weight excluding hydrogens is 460 g/mol. The third kappa shape index (κ3) is 3.59. The maximum atomic E-state index is 14.3. The van der Waals surface area contributed by atoms with Crippen molar-refractivity contribution in [2.75, 3.05) is 0 Å². The van der Waals surface area contributed by atoms with Crippen LogP contribution in [0.3, 0.4) is 0 Å². The van der Waals surface area contributed by atoms with Gasteiger partial charge in [-0.3, -0.25) is 9.59 Å². The molecular formula is C33H38O4. The Bertz CT molecular complexity index is 1280. The number of aryl methyl sites for hydroxylation is 2. The third-order valence-electron chi connectivity index (χ3n) is 9.26. The number of carbonyl (C=O) groups excluding carboxylic acids is 2. The number of hydrogen-bond acceptors (Lipinski definition) is 4. The molecule has 4 heteroatoms. The summed E-state index contributed by atoms with van der Waals surface area (Å²) in [6, 6.07) is 16.9. The lowest BCUT2D eigenvalue weighted by Gasteiger charge is -2.55. The van der Waals surface area contributed by atoms with Gasteiger partial charge in [-0.2, -0.15) is 0 Å². The van der Waals surface area contributed by atoms with Crippen LogP contribution in [0.15, 0.2) is 59.9 Å². The quantitative estimate of drug-likeness (QED) is 0.443. The SMILES string of the molecule is Cc1ccc(C2(c3ccc(C)cc3)C[C@@]34CC5=C(CC(C)(C)CC5=O)O[C@@]3(CC(C)(C)CC4=O)O2)cc1. The molecule has 6 rings (SSSR count). The van der Waals surface area contributed by atoms with E-state index in [9.17, 15) is 9.59 Å². The molecule has 0 unspecified atom stereocenters. The van der Waals surface area contributed by atoms with E-state index >= 15 is 0 Å². The van der Waals surface area contributed by atoms with Gasteiger partial charge < -0.3 is 9.47 Å². The van der Waals surface area contributed by atoms with Crippen molar-refractivity contribution in [3.8, 4) is 0 Å². The maximum absolute atomic E-state index is 14.3. The van der Waals surface area contributed by atoms with Crippen LogP contribution in [0.5, 0.6) is 0 Å². The van der Waals surface area contributed by atoms with Crippen LogP contribution in [0.4, 0.5) is 0 Å². The van der Waals surface area contributed by atoms with Gasteiger partial charge in [-0.05, 0) is 42.2 Å². The standard InChI is InChI=1S/C33H38O4/c1-21-7-11-23(12-8-21)32(24-13-9-22(2)10-14-24)20-31-15-25-26(34)16-29(3,4)17-27(25)36-33(31,37-32)19-30(5,6)18-28(31)35/h7-14H,15-20H2,1-6H3/t31-,33+/m1/s1. The first-order chi connectivity index (χ1) is 17.3. The van der Waals surface area contributed by atoms with Gasteiger partial charge in [0.1, 0.15) is 22.6 Å². The first-order valence-electron chi connectivity index (χ1n) is 13.6. The molecule has 2 fully saturated rings. The van der Waals surface area contributed by atoms with Crippen molar-refractivity contribution in [3.63, 3.8) is 0 Å². The van der Waals surface area contributed by atoms with E-state index in [1.54, 1.807) is 0 Å². The van der Waals surface area contributed by atoms with Gasteiger partial charge in [-0.15, -0.1) is 0 Å². The van der Waals surface area contributed by atoms with E-state index < -0.39 is 16.8 Å². The van der Waals surface area contributed by atoms with Gasteiger partial charge >= 0.3 is 0 Å². The summed E-state index contributed by atoms with van der Waals surface area (Å²) < 4.78 is 14.3. The molecule has 1 saturated heterocycles. The number of Topliss-reactive ketones (excluding diaryl/α,β-unsaturated/α-hetero) is 2. The summed E-state index contributed by atoms with van der Waals surface area (Å²) in [5.74, 6) is -0.0937. The van der Waals surface area contributed by atoms with E-state index in [1.807, 2.05) is 0 Å². The van der Waals surface area contributed by atoms with Gasteiger partial charge in [0.25, 0.3) is 0 Å². The molecule has 0 bridgehead atoms. The molecule has 2 aliphatic carbocycles. The highest BCUT2D eigenvalue weighted by Gasteiger charge is 2.75. The second-order valence-electron chi connectivity index (χ2n) is 13.7. The van der Waals surface area contributed by atoms with Crippen LogP contribution in [0.2, 0.25) is 0 Å². The largest absolute Gasteiger partial charge is 0.465 e. The van der Waals surface area contributed by atoms with Crippen LogP contribution < -0.4 is 0 Å². The normalized spacial score (nSPS) is 31.3. The molecule has 4 aliphatic rings. The monoisotopic (exact) mass is 498 g/mol. The van der Waals surface area contributed by atoms with Crippen LogP contribution >= 0.6 is 0 Å². The van der Waals surface area contributed by atoms with Crippen LogP contribution in [-0.4, -0.2) is 17.4 Å². The Morgan fingerprint density at radius 3 is 1.81 bits per heavy atom. The van der Waals surface area contributed by atoms with E-state index in [0.29, 0.717) is 38.5 Å².